The molecule has 0 bridgehead atoms. The summed E-state index contributed by atoms with van der Waals surface area (Å²) in [5.74, 6) is -0.623. The van der Waals surface area contributed by atoms with Crippen LogP contribution in [0.15, 0.2) is 65.6 Å². The van der Waals surface area contributed by atoms with Crippen LogP contribution in [-0.2, 0) is 6.54 Å². The maximum absolute atomic E-state index is 12.7. The number of halogens is 2. The first-order valence-corrected chi connectivity index (χ1v) is 8.80. The van der Waals surface area contributed by atoms with Crippen molar-refractivity contribution in [3.05, 3.63) is 102 Å². The number of pyridine rings is 1. The summed E-state index contributed by atoms with van der Waals surface area (Å²) in [5, 5.41) is 14.1. The first-order chi connectivity index (χ1) is 13.3. The fourth-order valence-electron chi connectivity index (χ4n) is 2.58. The van der Waals surface area contributed by atoms with Gasteiger partial charge >= 0.3 is 0 Å². The van der Waals surface area contributed by atoms with E-state index < -0.39 is 16.4 Å². The molecule has 1 amide bonds. The third-order valence-corrected chi connectivity index (χ3v) is 4.47. The van der Waals surface area contributed by atoms with Crippen molar-refractivity contribution in [2.24, 2.45) is 0 Å². The van der Waals surface area contributed by atoms with Crippen LogP contribution in [0.1, 0.15) is 15.9 Å². The predicted molar refractivity (Wildman–Crippen MR) is 107 cm³/mol. The lowest BCUT2D eigenvalue weighted by atomic mass is 10.2. The van der Waals surface area contributed by atoms with Gasteiger partial charge in [0.2, 0.25) is 0 Å². The largest absolute Gasteiger partial charge is 0.320 e. The highest BCUT2D eigenvalue weighted by molar-refractivity contribution is 6.36. The molecule has 0 unspecified atom stereocenters. The van der Waals surface area contributed by atoms with Crippen molar-refractivity contribution in [3.8, 4) is 0 Å². The van der Waals surface area contributed by atoms with Crippen LogP contribution in [0.3, 0.4) is 0 Å². The van der Waals surface area contributed by atoms with E-state index in [0.29, 0.717) is 16.3 Å². The minimum absolute atomic E-state index is 0.0724. The summed E-state index contributed by atoms with van der Waals surface area (Å²) in [5.41, 5.74) is 0.200. The summed E-state index contributed by atoms with van der Waals surface area (Å²) in [4.78, 5) is 35.6. The number of non-ortho nitro benzene ring substituents is 1. The van der Waals surface area contributed by atoms with Crippen LogP contribution in [0.5, 0.6) is 0 Å². The van der Waals surface area contributed by atoms with Gasteiger partial charge in [-0.05, 0) is 35.9 Å². The lowest BCUT2D eigenvalue weighted by Crippen LogP contribution is -2.29. The van der Waals surface area contributed by atoms with Gasteiger partial charge in [-0.15, -0.1) is 0 Å². The maximum atomic E-state index is 12.7. The van der Waals surface area contributed by atoms with Gasteiger partial charge in [-0.3, -0.25) is 19.7 Å². The molecule has 0 saturated carbocycles. The van der Waals surface area contributed by atoms with Gasteiger partial charge in [0.05, 0.1) is 22.2 Å². The number of nitro benzene ring substituents is 1. The molecule has 9 heteroatoms. The average molecular weight is 418 g/mol. The molecule has 3 aromatic rings. The topological polar surface area (TPSA) is 94.2 Å². The minimum atomic E-state index is -0.623. The van der Waals surface area contributed by atoms with Gasteiger partial charge in [-0.2, -0.15) is 0 Å². The van der Waals surface area contributed by atoms with Gasteiger partial charge in [0, 0.05) is 23.4 Å². The molecule has 0 aliphatic rings. The molecule has 0 saturated heterocycles. The normalized spacial score (nSPS) is 10.5. The summed E-state index contributed by atoms with van der Waals surface area (Å²) in [6.07, 6.45) is 1.51. The lowest BCUT2D eigenvalue weighted by Gasteiger charge is -2.10. The van der Waals surface area contributed by atoms with Crippen molar-refractivity contribution < 1.29 is 9.72 Å². The van der Waals surface area contributed by atoms with Gasteiger partial charge in [0.15, 0.2) is 0 Å². The first-order valence-electron chi connectivity index (χ1n) is 8.04. The molecular formula is C19H13Cl2N3O4. The number of hydrogen-bond acceptors (Lipinski definition) is 4. The Morgan fingerprint density at radius 1 is 1.11 bits per heavy atom. The SMILES string of the molecule is O=C(Nc1ccc(Cl)cc1Cl)c1cccn(Cc2cccc([N+](=O)[O-])c2)c1=O. The van der Waals surface area contributed by atoms with Gasteiger partial charge in [-0.1, -0.05) is 35.3 Å². The zero-order chi connectivity index (χ0) is 20.3. The van der Waals surface area contributed by atoms with Gasteiger partial charge < -0.3 is 9.88 Å². The monoisotopic (exact) mass is 417 g/mol. The second-order valence-electron chi connectivity index (χ2n) is 5.86. The Bertz CT molecular complexity index is 1130. The number of benzene rings is 2. The number of carbonyl (C=O) groups is 1. The number of nitrogens with one attached hydrogen (secondary N) is 1. The molecule has 0 atom stereocenters. The second kappa shape index (κ2) is 8.24. The quantitative estimate of drug-likeness (QED) is 0.492. The van der Waals surface area contributed by atoms with Crippen molar-refractivity contribution in [1.29, 1.82) is 0 Å². The summed E-state index contributed by atoms with van der Waals surface area (Å²) >= 11 is 11.9. The number of nitrogens with zero attached hydrogens (tertiary/aromatic N) is 2. The fourth-order valence-corrected chi connectivity index (χ4v) is 3.04. The Kier molecular flexibility index (Phi) is 5.77. The van der Waals surface area contributed by atoms with Crippen molar-refractivity contribution in [2.75, 3.05) is 5.32 Å². The summed E-state index contributed by atoms with van der Waals surface area (Å²) in [7, 11) is 0. The van der Waals surface area contributed by atoms with E-state index in [1.807, 2.05) is 0 Å². The van der Waals surface area contributed by atoms with Crippen LogP contribution in [0.2, 0.25) is 10.0 Å². The predicted octanol–water partition coefficient (Wildman–Crippen LogP) is 4.36. The van der Waals surface area contributed by atoms with E-state index in [0.717, 1.165) is 0 Å². The molecule has 2 aromatic carbocycles. The van der Waals surface area contributed by atoms with E-state index in [1.54, 1.807) is 18.2 Å². The Hall–Kier alpha value is -3.16. The number of rotatable bonds is 5. The second-order valence-corrected chi connectivity index (χ2v) is 6.70. The molecule has 1 heterocycles. The third kappa shape index (κ3) is 4.39. The smallest absolute Gasteiger partial charge is 0.269 e. The van der Waals surface area contributed by atoms with Crippen LogP contribution < -0.4 is 10.9 Å². The highest BCUT2D eigenvalue weighted by Crippen LogP contribution is 2.25. The highest BCUT2D eigenvalue weighted by Gasteiger charge is 2.15. The molecule has 3 rings (SSSR count). The number of aromatic nitrogens is 1. The third-order valence-electron chi connectivity index (χ3n) is 3.92. The van der Waals surface area contributed by atoms with Crippen molar-refractivity contribution in [1.82, 2.24) is 4.57 Å². The maximum Gasteiger partial charge on any atom is 0.269 e. The molecule has 0 aliphatic carbocycles. The standard InChI is InChI=1S/C19H13Cl2N3O4/c20-13-6-7-17(16(21)10-13)22-18(25)15-5-2-8-23(19(15)26)11-12-3-1-4-14(9-12)24(27)28/h1-10H,11H2,(H,22,25). The molecule has 0 spiro atoms. The summed E-state index contributed by atoms with van der Waals surface area (Å²) < 4.78 is 1.30. The van der Waals surface area contributed by atoms with E-state index in [2.05, 4.69) is 5.32 Å². The summed E-state index contributed by atoms with van der Waals surface area (Å²) in [6.45, 7) is 0.0866. The number of anilines is 1. The molecule has 1 aromatic heterocycles. The fraction of sp³-hybridized carbons (Fsp3) is 0.0526. The van der Waals surface area contributed by atoms with E-state index in [9.17, 15) is 19.7 Å². The summed E-state index contributed by atoms with van der Waals surface area (Å²) in [6, 6.07) is 13.5. The van der Waals surface area contributed by atoms with Crippen LogP contribution in [0.4, 0.5) is 11.4 Å². The van der Waals surface area contributed by atoms with Gasteiger partial charge in [0.25, 0.3) is 17.2 Å². The Labute approximate surface area is 169 Å². The lowest BCUT2D eigenvalue weighted by molar-refractivity contribution is -0.384. The average Bonchev–Trinajstić information content (AvgIpc) is 2.66. The zero-order valence-electron chi connectivity index (χ0n) is 14.3. The van der Waals surface area contributed by atoms with Crippen LogP contribution >= 0.6 is 23.2 Å². The molecule has 142 valence electrons. The van der Waals surface area contributed by atoms with E-state index in [-0.39, 0.29) is 22.8 Å². The van der Waals surface area contributed by atoms with E-state index in [4.69, 9.17) is 23.2 Å². The molecular weight excluding hydrogens is 405 g/mol. The Morgan fingerprint density at radius 3 is 2.61 bits per heavy atom. The molecule has 1 N–H and O–H groups in total. The Morgan fingerprint density at radius 2 is 1.89 bits per heavy atom. The van der Waals surface area contributed by atoms with Crippen molar-refractivity contribution in [2.45, 2.75) is 6.54 Å². The molecule has 7 nitrogen and oxygen atoms in total. The van der Waals surface area contributed by atoms with Crippen LogP contribution in [0.25, 0.3) is 0 Å². The van der Waals surface area contributed by atoms with Crippen molar-refractivity contribution >= 4 is 40.5 Å². The molecule has 0 aliphatic heterocycles. The minimum Gasteiger partial charge on any atom is -0.320 e. The van der Waals surface area contributed by atoms with Crippen LogP contribution in [-0.4, -0.2) is 15.4 Å². The first kappa shape index (κ1) is 19.6. The van der Waals surface area contributed by atoms with Crippen molar-refractivity contribution in [3.63, 3.8) is 0 Å². The number of hydrogen-bond donors (Lipinski definition) is 1. The van der Waals surface area contributed by atoms with E-state index >= 15 is 0 Å². The molecule has 0 radical (unpaired) electrons. The van der Waals surface area contributed by atoms with Gasteiger partial charge in [-0.25, -0.2) is 0 Å². The molecule has 28 heavy (non-hydrogen) atoms. The number of nitro groups is 1. The highest BCUT2D eigenvalue weighted by atomic mass is 35.5. The molecule has 0 fully saturated rings. The van der Waals surface area contributed by atoms with Gasteiger partial charge in [0.1, 0.15) is 5.56 Å². The zero-order valence-corrected chi connectivity index (χ0v) is 15.8. The Balaban J connectivity index is 1.86. The number of amides is 1. The van der Waals surface area contributed by atoms with Crippen LogP contribution in [0, 0.1) is 10.1 Å². The number of carbonyl (C=O) groups excluding carboxylic acids is 1. The van der Waals surface area contributed by atoms with E-state index in [1.165, 1.54) is 47.2 Å².